The van der Waals surface area contributed by atoms with E-state index in [4.69, 9.17) is 27.9 Å². The van der Waals surface area contributed by atoms with Gasteiger partial charge in [-0.3, -0.25) is 0 Å². The molecule has 0 bridgehead atoms. The van der Waals surface area contributed by atoms with E-state index >= 15 is 0 Å². The fourth-order valence-corrected chi connectivity index (χ4v) is 3.25. The fourth-order valence-electron chi connectivity index (χ4n) is 2.95. The first-order chi connectivity index (χ1) is 9.18. The lowest BCUT2D eigenvalue weighted by molar-refractivity contribution is 0.196. The first-order valence-electron chi connectivity index (χ1n) is 6.83. The second-order valence-electron chi connectivity index (χ2n) is 5.29. The summed E-state index contributed by atoms with van der Waals surface area (Å²) in [6.45, 7) is 2.62. The zero-order valence-corrected chi connectivity index (χ0v) is 12.9. The number of hydrogen-bond donors (Lipinski definition) is 1. The van der Waals surface area contributed by atoms with E-state index in [0.29, 0.717) is 10.0 Å². The SMILES string of the molecule is COCCNCC1(c2ccc(Cl)c(Cl)c2)CCCC1. The Hall–Kier alpha value is -0.280. The molecule has 2 rings (SSSR count). The second-order valence-corrected chi connectivity index (χ2v) is 6.10. The lowest BCUT2D eigenvalue weighted by Crippen LogP contribution is -2.37. The highest BCUT2D eigenvalue weighted by Crippen LogP contribution is 2.42. The quantitative estimate of drug-likeness (QED) is 0.801. The number of hydrogen-bond acceptors (Lipinski definition) is 2. The number of nitrogens with one attached hydrogen (secondary N) is 1. The van der Waals surface area contributed by atoms with Crippen molar-refractivity contribution in [3.8, 4) is 0 Å². The zero-order chi connectivity index (χ0) is 13.7. The molecule has 19 heavy (non-hydrogen) atoms. The second kappa shape index (κ2) is 6.94. The average Bonchev–Trinajstić information content (AvgIpc) is 2.88. The van der Waals surface area contributed by atoms with Gasteiger partial charge in [0.25, 0.3) is 0 Å². The summed E-state index contributed by atoms with van der Waals surface area (Å²) in [5.74, 6) is 0. The smallest absolute Gasteiger partial charge is 0.0595 e. The maximum absolute atomic E-state index is 6.17. The van der Waals surface area contributed by atoms with Gasteiger partial charge in [-0.15, -0.1) is 0 Å². The van der Waals surface area contributed by atoms with Crippen molar-refractivity contribution in [1.29, 1.82) is 0 Å². The van der Waals surface area contributed by atoms with Gasteiger partial charge in [-0.1, -0.05) is 42.1 Å². The minimum atomic E-state index is 0.210. The maximum Gasteiger partial charge on any atom is 0.0595 e. The summed E-state index contributed by atoms with van der Waals surface area (Å²) in [4.78, 5) is 0. The molecule has 0 unspecified atom stereocenters. The number of methoxy groups -OCH3 is 1. The molecule has 2 nitrogen and oxygen atoms in total. The van der Waals surface area contributed by atoms with E-state index in [0.717, 1.165) is 19.7 Å². The van der Waals surface area contributed by atoms with E-state index in [1.807, 2.05) is 12.1 Å². The molecule has 0 atom stereocenters. The van der Waals surface area contributed by atoms with Crippen molar-refractivity contribution in [2.24, 2.45) is 0 Å². The zero-order valence-electron chi connectivity index (χ0n) is 11.3. The number of ether oxygens (including phenoxy) is 1. The van der Waals surface area contributed by atoms with Crippen molar-refractivity contribution in [2.75, 3.05) is 26.8 Å². The Morgan fingerprint density at radius 1 is 1.21 bits per heavy atom. The predicted octanol–water partition coefficient (Wildman–Crippen LogP) is 4.04. The third kappa shape index (κ3) is 3.63. The number of benzene rings is 1. The molecule has 1 aromatic rings. The van der Waals surface area contributed by atoms with Gasteiger partial charge < -0.3 is 10.1 Å². The molecular formula is C15H21Cl2NO. The van der Waals surface area contributed by atoms with Crippen LogP contribution in [0.3, 0.4) is 0 Å². The van der Waals surface area contributed by atoms with Gasteiger partial charge in [0.15, 0.2) is 0 Å². The van der Waals surface area contributed by atoms with Gasteiger partial charge in [0, 0.05) is 25.6 Å². The molecule has 0 spiro atoms. The van der Waals surface area contributed by atoms with E-state index in [1.54, 1.807) is 7.11 Å². The molecule has 0 aliphatic heterocycles. The van der Waals surface area contributed by atoms with E-state index < -0.39 is 0 Å². The molecule has 0 heterocycles. The van der Waals surface area contributed by atoms with Crippen molar-refractivity contribution in [3.63, 3.8) is 0 Å². The minimum absolute atomic E-state index is 0.210. The van der Waals surface area contributed by atoms with Crippen molar-refractivity contribution in [1.82, 2.24) is 5.32 Å². The van der Waals surface area contributed by atoms with Crippen molar-refractivity contribution in [2.45, 2.75) is 31.1 Å². The molecule has 0 saturated heterocycles. The van der Waals surface area contributed by atoms with E-state index in [-0.39, 0.29) is 5.41 Å². The summed E-state index contributed by atoms with van der Waals surface area (Å²) in [6.07, 6.45) is 4.99. The third-order valence-corrected chi connectivity index (χ3v) is 4.78. The monoisotopic (exact) mass is 301 g/mol. The molecule has 1 N–H and O–H groups in total. The van der Waals surface area contributed by atoms with Crippen molar-refractivity contribution < 1.29 is 4.74 Å². The summed E-state index contributed by atoms with van der Waals surface area (Å²) < 4.78 is 5.08. The van der Waals surface area contributed by atoms with Gasteiger partial charge in [-0.2, -0.15) is 0 Å². The Kier molecular flexibility index (Phi) is 5.52. The molecule has 1 aliphatic carbocycles. The molecule has 106 valence electrons. The van der Waals surface area contributed by atoms with Crippen LogP contribution in [0.2, 0.25) is 10.0 Å². The van der Waals surface area contributed by atoms with Crippen molar-refractivity contribution in [3.05, 3.63) is 33.8 Å². The lowest BCUT2D eigenvalue weighted by Gasteiger charge is -2.30. The molecule has 0 aromatic heterocycles. The Labute approximate surface area is 125 Å². The van der Waals surface area contributed by atoms with Crippen molar-refractivity contribution >= 4 is 23.2 Å². The molecule has 1 saturated carbocycles. The summed E-state index contributed by atoms with van der Waals surface area (Å²) in [6, 6.07) is 6.07. The average molecular weight is 302 g/mol. The highest BCUT2D eigenvalue weighted by Gasteiger charge is 2.35. The van der Waals surface area contributed by atoms with Crippen LogP contribution in [0.4, 0.5) is 0 Å². The van der Waals surface area contributed by atoms with E-state index in [2.05, 4.69) is 11.4 Å². The van der Waals surface area contributed by atoms with Crippen LogP contribution in [0.25, 0.3) is 0 Å². The lowest BCUT2D eigenvalue weighted by atomic mass is 9.79. The van der Waals surface area contributed by atoms with Gasteiger partial charge in [-0.25, -0.2) is 0 Å². The predicted molar refractivity (Wildman–Crippen MR) is 81.4 cm³/mol. The first kappa shape index (κ1) is 15.1. The first-order valence-corrected chi connectivity index (χ1v) is 7.59. The molecule has 4 heteroatoms. The summed E-state index contributed by atoms with van der Waals surface area (Å²) in [5.41, 5.74) is 1.52. The van der Waals surface area contributed by atoms with E-state index in [1.165, 1.54) is 31.2 Å². The van der Waals surface area contributed by atoms with Crippen LogP contribution in [-0.2, 0) is 10.2 Å². The van der Waals surface area contributed by atoms with Crippen LogP contribution in [0.1, 0.15) is 31.2 Å². The van der Waals surface area contributed by atoms with E-state index in [9.17, 15) is 0 Å². The Morgan fingerprint density at radius 2 is 1.95 bits per heavy atom. The largest absolute Gasteiger partial charge is 0.383 e. The summed E-state index contributed by atoms with van der Waals surface area (Å²) in [7, 11) is 1.73. The normalized spacial score (nSPS) is 17.8. The van der Waals surface area contributed by atoms with Crippen LogP contribution in [0.5, 0.6) is 0 Å². The number of rotatable bonds is 6. The highest BCUT2D eigenvalue weighted by molar-refractivity contribution is 6.42. The summed E-state index contributed by atoms with van der Waals surface area (Å²) in [5, 5.41) is 4.79. The van der Waals surface area contributed by atoms with Gasteiger partial charge >= 0.3 is 0 Å². The maximum atomic E-state index is 6.17. The Bertz CT molecular complexity index is 417. The molecule has 0 radical (unpaired) electrons. The molecular weight excluding hydrogens is 281 g/mol. The highest BCUT2D eigenvalue weighted by atomic mass is 35.5. The summed E-state index contributed by atoms with van der Waals surface area (Å²) >= 11 is 12.2. The molecule has 1 aliphatic rings. The Balaban J connectivity index is 2.11. The Morgan fingerprint density at radius 3 is 2.58 bits per heavy atom. The molecule has 1 fully saturated rings. The van der Waals surface area contributed by atoms with Gasteiger partial charge in [0.2, 0.25) is 0 Å². The van der Waals surface area contributed by atoms with Gasteiger partial charge in [-0.05, 0) is 30.5 Å². The van der Waals surface area contributed by atoms with Gasteiger partial charge in [0.05, 0.1) is 16.7 Å². The minimum Gasteiger partial charge on any atom is -0.383 e. The molecule has 1 aromatic carbocycles. The van der Waals surface area contributed by atoms with Crippen LogP contribution in [0, 0.1) is 0 Å². The topological polar surface area (TPSA) is 21.3 Å². The van der Waals surface area contributed by atoms with Crippen LogP contribution < -0.4 is 5.32 Å². The van der Waals surface area contributed by atoms with Crippen LogP contribution in [0.15, 0.2) is 18.2 Å². The molecule has 0 amide bonds. The standard InChI is InChI=1S/C15H21Cl2NO/c1-19-9-8-18-11-15(6-2-3-7-15)12-4-5-13(16)14(17)10-12/h4-5,10,18H,2-3,6-9,11H2,1H3. The third-order valence-electron chi connectivity index (χ3n) is 4.04. The fraction of sp³-hybridized carbons (Fsp3) is 0.600. The van der Waals surface area contributed by atoms with Crippen LogP contribution in [-0.4, -0.2) is 26.8 Å². The van der Waals surface area contributed by atoms with Gasteiger partial charge in [0.1, 0.15) is 0 Å². The van der Waals surface area contributed by atoms with Crippen LogP contribution >= 0.6 is 23.2 Å². The number of halogens is 2.